The number of hydrogen-bond donors (Lipinski definition) is 1. The molecule has 1 fully saturated rings. The number of methoxy groups -OCH3 is 1. The normalized spacial score (nSPS) is 21.7. The fourth-order valence-corrected chi connectivity index (χ4v) is 3.79. The molecule has 0 bridgehead atoms. The molecule has 0 radical (unpaired) electrons. The summed E-state index contributed by atoms with van der Waals surface area (Å²) in [5.41, 5.74) is 0.497. The van der Waals surface area contributed by atoms with Crippen LogP contribution >= 0.6 is 22.3 Å². The van der Waals surface area contributed by atoms with Crippen molar-refractivity contribution < 1.29 is 17.9 Å². The van der Waals surface area contributed by atoms with E-state index in [1.807, 2.05) is 0 Å². The molecule has 1 aliphatic rings. The molecular weight excluding hydrogens is 337 g/mol. The molecule has 21 heavy (non-hydrogen) atoms. The summed E-state index contributed by atoms with van der Waals surface area (Å²) in [6.07, 6.45) is 1.64. The summed E-state index contributed by atoms with van der Waals surface area (Å²) >= 11 is 5.88. The van der Waals surface area contributed by atoms with Gasteiger partial charge in [0, 0.05) is 34.4 Å². The first-order valence-electron chi connectivity index (χ1n) is 6.31. The summed E-state index contributed by atoms with van der Waals surface area (Å²) in [6, 6.07) is 2.70. The van der Waals surface area contributed by atoms with Crippen LogP contribution in [0.25, 0.3) is 0 Å². The highest BCUT2D eigenvalue weighted by Gasteiger charge is 2.31. The Morgan fingerprint density at radius 2 is 2.00 bits per heavy atom. The summed E-state index contributed by atoms with van der Waals surface area (Å²) in [5, 5.41) is 2.97. The Kier molecular flexibility index (Phi) is 4.82. The van der Waals surface area contributed by atoms with Gasteiger partial charge in [-0.05, 0) is 37.5 Å². The molecule has 1 aromatic carbocycles. The van der Waals surface area contributed by atoms with E-state index in [4.69, 9.17) is 27.0 Å². The van der Waals surface area contributed by atoms with Crippen LogP contribution < -0.4 is 5.32 Å². The topological polar surface area (TPSA) is 72.5 Å². The number of nitrogens with one attached hydrogen (secondary N) is 1. The molecule has 0 aromatic heterocycles. The first-order valence-corrected chi connectivity index (χ1v) is 8.99. The highest BCUT2D eigenvalue weighted by atomic mass is 35.7. The van der Waals surface area contributed by atoms with Crippen LogP contribution in [0, 0.1) is 6.92 Å². The molecule has 0 saturated heterocycles. The van der Waals surface area contributed by atoms with Crippen molar-refractivity contribution in [3.8, 4) is 0 Å². The monoisotopic (exact) mass is 351 g/mol. The predicted molar refractivity (Wildman–Crippen MR) is 80.5 cm³/mol. The molecule has 1 aromatic rings. The van der Waals surface area contributed by atoms with Crippen LogP contribution in [-0.4, -0.2) is 33.6 Å². The molecule has 2 rings (SSSR count). The molecule has 0 aliphatic heterocycles. The fraction of sp³-hybridized carbons (Fsp3) is 0.462. The van der Waals surface area contributed by atoms with Crippen molar-refractivity contribution in [2.45, 2.75) is 36.8 Å². The van der Waals surface area contributed by atoms with Crippen LogP contribution in [0.15, 0.2) is 17.0 Å². The molecular formula is C13H15Cl2NO4S. The zero-order valence-corrected chi connectivity index (χ0v) is 13.8. The quantitative estimate of drug-likeness (QED) is 0.845. The Bertz CT molecular complexity index is 669. The van der Waals surface area contributed by atoms with E-state index in [0.717, 1.165) is 12.8 Å². The third kappa shape index (κ3) is 3.69. The molecule has 0 atom stereocenters. The Balaban J connectivity index is 2.24. The summed E-state index contributed by atoms with van der Waals surface area (Å²) in [5.74, 6) is -0.365. The van der Waals surface area contributed by atoms with Crippen LogP contribution in [0.1, 0.15) is 28.8 Å². The largest absolute Gasteiger partial charge is 0.381 e. The van der Waals surface area contributed by atoms with Crippen LogP contribution in [-0.2, 0) is 13.8 Å². The Hall–Kier alpha value is -0.820. The molecule has 0 spiro atoms. The minimum absolute atomic E-state index is 0.0249. The van der Waals surface area contributed by atoms with Gasteiger partial charge in [0.25, 0.3) is 15.0 Å². The van der Waals surface area contributed by atoms with Crippen LogP contribution in [0.4, 0.5) is 0 Å². The third-order valence-corrected chi connectivity index (χ3v) is 5.26. The van der Waals surface area contributed by atoms with E-state index in [9.17, 15) is 13.2 Å². The molecule has 8 heteroatoms. The number of halogens is 2. The number of hydrogen-bond acceptors (Lipinski definition) is 4. The van der Waals surface area contributed by atoms with Crippen molar-refractivity contribution in [3.05, 3.63) is 28.3 Å². The molecule has 1 amide bonds. The van der Waals surface area contributed by atoms with Gasteiger partial charge < -0.3 is 10.1 Å². The third-order valence-electron chi connectivity index (χ3n) is 3.60. The Labute approximate surface area is 133 Å². The first-order chi connectivity index (χ1) is 9.72. The highest BCUT2D eigenvalue weighted by Crippen LogP contribution is 2.28. The fourth-order valence-electron chi connectivity index (χ4n) is 2.28. The molecule has 116 valence electrons. The molecule has 0 heterocycles. The molecule has 1 saturated carbocycles. The van der Waals surface area contributed by atoms with E-state index in [0.29, 0.717) is 0 Å². The van der Waals surface area contributed by atoms with Crippen LogP contribution in [0.5, 0.6) is 0 Å². The van der Waals surface area contributed by atoms with E-state index in [1.54, 1.807) is 7.11 Å². The van der Waals surface area contributed by atoms with Gasteiger partial charge in [0.2, 0.25) is 0 Å². The summed E-state index contributed by atoms with van der Waals surface area (Å²) in [7, 11) is 3.03. The van der Waals surface area contributed by atoms with E-state index in [2.05, 4.69) is 5.32 Å². The standard InChI is InChI=1S/C13H15Cl2NO4S/c1-7-11(3-8(14)4-12(7)21(15,18)19)13(17)16-9-5-10(6-9)20-2/h3-4,9-10H,5-6H2,1-2H3,(H,16,17). The maximum Gasteiger partial charge on any atom is 0.261 e. The summed E-state index contributed by atoms with van der Waals surface area (Å²) in [6.45, 7) is 1.53. The van der Waals surface area contributed by atoms with E-state index in [1.165, 1.54) is 19.1 Å². The second-order valence-electron chi connectivity index (χ2n) is 5.01. The SMILES string of the molecule is COC1CC(NC(=O)c2cc(Cl)cc(S(=O)(=O)Cl)c2C)C1. The Morgan fingerprint density at radius 1 is 1.38 bits per heavy atom. The second-order valence-corrected chi connectivity index (χ2v) is 7.98. The molecule has 0 unspecified atom stereocenters. The van der Waals surface area contributed by atoms with Crippen molar-refractivity contribution in [2.24, 2.45) is 0 Å². The maximum atomic E-state index is 12.2. The van der Waals surface area contributed by atoms with Gasteiger partial charge >= 0.3 is 0 Å². The smallest absolute Gasteiger partial charge is 0.261 e. The van der Waals surface area contributed by atoms with E-state index < -0.39 is 9.05 Å². The average Bonchev–Trinajstić information content (AvgIpc) is 2.33. The van der Waals surface area contributed by atoms with Crippen molar-refractivity contribution in [1.29, 1.82) is 0 Å². The lowest BCUT2D eigenvalue weighted by Gasteiger charge is -2.34. The number of benzene rings is 1. The van der Waals surface area contributed by atoms with Gasteiger partial charge in [0.05, 0.1) is 11.0 Å². The predicted octanol–water partition coefficient (Wildman–Crippen LogP) is 2.48. The zero-order chi connectivity index (χ0) is 15.8. The van der Waals surface area contributed by atoms with Gasteiger partial charge in [-0.25, -0.2) is 8.42 Å². The number of carbonyl (C=O) groups excluding carboxylic acids is 1. The molecule has 1 aliphatic carbocycles. The number of ether oxygens (including phenoxy) is 1. The van der Waals surface area contributed by atoms with Gasteiger partial charge in [-0.3, -0.25) is 4.79 Å². The van der Waals surface area contributed by atoms with E-state index in [-0.39, 0.29) is 39.1 Å². The van der Waals surface area contributed by atoms with Gasteiger partial charge in [0.1, 0.15) is 0 Å². The van der Waals surface area contributed by atoms with Gasteiger partial charge in [0.15, 0.2) is 0 Å². The van der Waals surface area contributed by atoms with Crippen LogP contribution in [0.3, 0.4) is 0 Å². The summed E-state index contributed by atoms with van der Waals surface area (Å²) in [4.78, 5) is 12.1. The minimum Gasteiger partial charge on any atom is -0.381 e. The van der Waals surface area contributed by atoms with Crippen molar-refractivity contribution in [1.82, 2.24) is 5.32 Å². The minimum atomic E-state index is -3.96. The van der Waals surface area contributed by atoms with Gasteiger partial charge in [-0.2, -0.15) is 0 Å². The van der Waals surface area contributed by atoms with Crippen LogP contribution in [0.2, 0.25) is 5.02 Å². The number of carbonyl (C=O) groups is 1. The van der Waals surface area contributed by atoms with Crippen molar-refractivity contribution in [2.75, 3.05) is 7.11 Å². The first kappa shape index (κ1) is 16.5. The average molecular weight is 352 g/mol. The second kappa shape index (κ2) is 6.12. The number of rotatable bonds is 4. The lowest BCUT2D eigenvalue weighted by atomic mass is 9.89. The zero-order valence-electron chi connectivity index (χ0n) is 11.5. The molecule has 1 N–H and O–H groups in total. The Morgan fingerprint density at radius 3 is 2.52 bits per heavy atom. The molecule has 5 nitrogen and oxygen atoms in total. The summed E-state index contributed by atoms with van der Waals surface area (Å²) < 4.78 is 28.2. The lowest BCUT2D eigenvalue weighted by molar-refractivity contribution is 0.0176. The maximum absolute atomic E-state index is 12.2. The lowest BCUT2D eigenvalue weighted by Crippen LogP contribution is -2.47. The van der Waals surface area contributed by atoms with Gasteiger partial charge in [-0.15, -0.1) is 0 Å². The van der Waals surface area contributed by atoms with Crippen molar-refractivity contribution in [3.63, 3.8) is 0 Å². The number of amides is 1. The van der Waals surface area contributed by atoms with E-state index >= 15 is 0 Å². The highest BCUT2D eigenvalue weighted by molar-refractivity contribution is 8.13. The van der Waals surface area contributed by atoms with Crippen molar-refractivity contribution >= 4 is 37.2 Å². The van der Waals surface area contributed by atoms with Gasteiger partial charge in [-0.1, -0.05) is 11.6 Å².